The molecule has 0 aliphatic carbocycles. The highest BCUT2D eigenvalue weighted by molar-refractivity contribution is 5.06. The monoisotopic (exact) mass is 279 g/mol. The first-order valence-corrected chi connectivity index (χ1v) is 7.60. The van der Waals surface area contributed by atoms with Gasteiger partial charge in [-0.05, 0) is 38.3 Å². The Hall–Kier alpha value is -0.840. The van der Waals surface area contributed by atoms with Crippen LogP contribution < -0.4 is 0 Å². The predicted molar refractivity (Wildman–Crippen MR) is 76.6 cm³/mol. The van der Waals surface area contributed by atoms with E-state index < -0.39 is 0 Å². The van der Waals surface area contributed by atoms with Crippen LogP contribution in [0.1, 0.15) is 30.8 Å². The van der Waals surface area contributed by atoms with Crippen LogP contribution in [0.15, 0.2) is 16.5 Å². The molecule has 0 aromatic carbocycles. The number of methoxy groups -OCH3 is 1. The first kappa shape index (κ1) is 14.1. The molecule has 3 rings (SSSR count). The number of ether oxygens (including phenoxy) is 2. The van der Waals surface area contributed by atoms with Crippen molar-refractivity contribution in [2.24, 2.45) is 5.41 Å². The molecule has 1 aromatic rings. The van der Waals surface area contributed by atoms with Crippen molar-refractivity contribution in [3.05, 3.63) is 23.7 Å². The molecule has 4 nitrogen and oxygen atoms in total. The van der Waals surface area contributed by atoms with Crippen molar-refractivity contribution in [2.45, 2.75) is 38.8 Å². The maximum absolute atomic E-state index is 6.01. The molecule has 0 bridgehead atoms. The van der Waals surface area contributed by atoms with Crippen molar-refractivity contribution >= 4 is 0 Å². The Morgan fingerprint density at radius 1 is 1.45 bits per heavy atom. The van der Waals surface area contributed by atoms with Gasteiger partial charge in [-0.2, -0.15) is 0 Å². The van der Waals surface area contributed by atoms with Gasteiger partial charge in [0, 0.05) is 32.2 Å². The SMILES string of the molecule is COC[C@@]12CCCO[C@@H]1CCN(Cc1ccc(C)o1)C2. The highest BCUT2D eigenvalue weighted by Crippen LogP contribution is 2.40. The summed E-state index contributed by atoms with van der Waals surface area (Å²) in [6, 6.07) is 4.12. The molecule has 1 aromatic heterocycles. The third-order valence-corrected chi connectivity index (χ3v) is 4.67. The van der Waals surface area contributed by atoms with Crippen LogP contribution in [-0.2, 0) is 16.0 Å². The molecule has 4 heteroatoms. The molecule has 0 N–H and O–H groups in total. The fourth-order valence-electron chi connectivity index (χ4n) is 3.81. The number of hydrogen-bond donors (Lipinski definition) is 0. The zero-order chi connectivity index (χ0) is 14.0. The van der Waals surface area contributed by atoms with Crippen LogP contribution in [0.2, 0.25) is 0 Å². The Bertz CT molecular complexity index is 441. The number of rotatable bonds is 4. The first-order chi connectivity index (χ1) is 9.72. The smallest absolute Gasteiger partial charge is 0.118 e. The summed E-state index contributed by atoms with van der Waals surface area (Å²) in [5.41, 5.74) is 0.173. The van der Waals surface area contributed by atoms with Gasteiger partial charge < -0.3 is 13.9 Å². The average molecular weight is 279 g/mol. The van der Waals surface area contributed by atoms with Gasteiger partial charge in [0.05, 0.1) is 19.3 Å². The summed E-state index contributed by atoms with van der Waals surface area (Å²) in [6.07, 6.45) is 3.82. The van der Waals surface area contributed by atoms with Crippen LogP contribution in [-0.4, -0.2) is 44.4 Å². The Kier molecular flexibility index (Phi) is 4.15. The van der Waals surface area contributed by atoms with Crippen molar-refractivity contribution < 1.29 is 13.9 Å². The highest BCUT2D eigenvalue weighted by atomic mass is 16.5. The van der Waals surface area contributed by atoms with Crippen molar-refractivity contribution in [1.29, 1.82) is 0 Å². The van der Waals surface area contributed by atoms with E-state index in [0.29, 0.717) is 6.10 Å². The lowest BCUT2D eigenvalue weighted by Gasteiger charge is -2.50. The number of aryl methyl sites for hydroxylation is 1. The highest BCUT2D eigenvalue weighted by Gasteiger charge is 2.45. The van der Waals surface area contributed by atoms with Gasteiger partial charge in [0.2, 0.25) is 0 Å². The minimum Gasteiger partial charge on any atom is -0.465 e. The van der Waals surface area contributed by atoms with Crippen LogP contribution in [0.5, 0.6) is 0 Å². The Labute approximate surface area is 121 Å². The molecule has 2 saturated heterocycles. The Morgan fingerprint density at radius 2 is 2.35 bits per heavy atom. The van der Waals surface area contributed by atoms with Crippen molar-refractivity contribution in [2.75, 3.05) is 33.4 Å². The zero-order valence-electron chi connectivity index (χ0n) is 12.6. The van der Waals surface area contributed by atoms with Gasteiger partial charge in [-0.25, -0.2) is 0 Å². The predicted octanol–water partition coefficient (Wildman–Crippen LogP) is 2.61. The molecule has 112 valence electrons. The number of likely N-dealkylation sites (tertiary alicyclic amines) is 1. The fourth-order valence-corrected chi connectivity index (χ4v) is 3.81. The normalized spacial score (nSPS) is 31.2. The van der Waals surface area contributed by atoms with Gasteiger partial charge in [-0.3, -0.25) is 4.90 Å². The average Bonchev–Trinajstić information content (AvgIpc) is 2.84. The van der Waals surface area contributed by atoms with Gasteiger partial charge in [-0.1, -0.05) is 0 Å². The second-order valence-electron chi connectivity index (χ2n) is 6.27. The number of furan rings is 1. The molecular formula is C16H25NO3. The maximum atomic E-state index is 6.01. The third kappa shape index (κ3) is 2.78. The number of piperidine rings is 1. The lowest BCUT2D eigenvalue weighted by molar-refractivity contribution is -0.149. The topological polar surface area (TPSA) is 34.8 Å². The molecule has 2 atom stereocenters. The van der Waals surface area contributed by atoms with E-state index in [1.54, 1.807) is 7.11 Å². The Balaban J connectivity index is 1.69. The van der Waals surface area contributed by atoms with Crippen LogP contribution in [0.3, 0.4) is 0 Å². The Morgan fingerprint density at radius 3 is 3.10 bits per heavy atom. The number of nitrogens with zero attached hydrogens (tertiary/aromatic N) is 1. The quantitative estimate of drug-likeness (QED) is 0.848. The second-order valence-corrected chi connectivity index (χ2v) is 6.27. The molecule has 2 fully saturated rings. The minimum absolute atomic E-state index is 0.173. The van der Waals surface area contributed by atoms with Gasteiger partial charge in [0.25, 0.3) is 0 Å². The molecule has 2 aliphatic heterocycles. The first-order valence-electron chi connectivity index (χ1n) is 7.60. The molecule has 20 heavy (non-hydrogen) atoms. The number of hydrogen-bond acceptors (Lipinski definition) is 4. The molecule has 0 saturated carbocycles. The van der Waals surface area contributed by atoms with E-state index in [4.69, 9.17) is 13.9 Å². The summed E-state index contributed by atoms with van der Waals surface area (Å²) < 4.78 is 17.2. The summed E-state index contributed by atoms with van der Waals surface area (Å²) in [4.78, 5) is 2.49. The van der Waals surface area contributed by atoms with Gasteiger partial charge in [0.15, 0.2) is 0 Å². The largest absolute Gasteiger partial charge is 0.465 e. The minimum atomic E-state index is 0.173. The van der Waals surface area contributed by atoms with E-state index in [-0.39, 0.29) is 5.41 Å². The standard InChI is InChI=1S/C16H25NO3/c1-13-4-5-14(20-13)10-17-8-6-15-16(11-17,12-18-2)7-3-9-19-15/h4-5,15H,3,6-12H2,1-2H3/t15-,16+/m1/s1. The lowest BCUT2D eigenvalue weighted by atomic mass is 9.73. The van der Waals surface area contributed by atoms with Gasteiger partial charge in [0.1, 0.15) is 11.5 Å². The van der Waals surface area contributed by atoms with E-state index in [0.717, 1.165) is 57.2 Å². The van der Waals surface area contributed by atoms with Gasteiger partial charge in [-0.15, -0.1) is 0 Å². The molecule has 0 unspecified atom stereocenters. The zero-order valence-corrected chi connectivity index (χ0v) is 12.6. The molecular weight excluding hydrogens is 254 g/mol. The molecule has 0 radical (unpaired) electrons. The van der Waals surface area contributed by atoms with Crippen LogP contribution in [0, 0.1) is 12.3 Å². The van der Waals surface area contributed by atoms with Crippen molar-refractivity contribution in [1.82, 2.24) is 4.90 Å². The summed E-state index contributed by atoms with van der Waals surface area (Å²) in [5.74, 6) is 2.05. The maximum Gasteiger partial charge on any atom is 0.118 e. The second kappa shape index (κ2) is 5.88. The van der Waals surface area contributed by atoms with E-state index in [2.05, 4.69) is 11.0 Å². The molecule has 3 heterocycles. The van der Waals surface area contributed by atoms with Crippen molar-refractivity contribution in [3.63, 3.8) is 0 Å². The summed E-state index contributed by atoms with van der Waals surface area (Å²) in [5, 5.41) is 0. The van der Waals surface area contributed by atoms with Crippen LogP contribution in [0.25, 0.3) is 0 Å². The summed E-state index contributed by atoms with van der Waals surface area (Å²) in [7, 11) is 1.80. The van der Waals surface area contributed by atoms with E-state index in [1.165, 1.54) is 6.42 Å². The van der Waals surface area contributed by atoms with Crippen molar-refractivity contribution in [3.8, 4) is 0 Å². The van der Waals surface area contributed by atoms with E-state index >= 15 is 0 Å². The number of fused-ring (bicyclic) bond motifs is 1. The fraction of sp³-hybridized carbons (Fsp3) is 0.750. The molecule has 2 aliphatic rings. The van der Waals surface area contributed by atoms with Crippen LogP contribution >= 0.6 is 0 Å². The van der Waals surface area contributed by atoms with Crippen LogP contribution in [0.4, 0.5) is 0 Å². The summed E-state index contributed by atoms with van der Waals surface area (Å²) in [6.45, 7) is 6.73. The molecule has 0 spiro atoms. The lowest BCUT2D eigenvalue weighted by Crippen LogP contribution is -2.56. The third-order valence-electron chi connectivity index (χ3n) is 4.67. The molecule has 0 amide bonds. The summed E-state index contributed by atoms with van der Waals surface area (Å²) >= 11 is 0. The van der Waals surface area contributed by atoms with Gasteiger partial charge >= 0.3 is 0 Å². The van der Waals surface area contributed by atoms with E-state index in [1.807, 2.05) is 13.0 Å². The van der Waals surface area contributed by atoms with E-state index in [9.17, 15) is 0 Å².